The number of hydrogen-bond acceptors (Lipinski definition) is 5. The lowest BCUT2D eigenvalue weighted by atomic mass is 9.77. The van der Waals surface area contributed by atoms with Crippen LogP contribution >= 0.6 is 0 Å². The number of nitrogens with zero attached hydrogens (tertiary/aromatic N) is 4. The van der Waals surface area contributed by atoms with Gasteiger partial charge in [0.2, 0.25) is 0 Å². The summed E-state index contributed by atoms with van der Waals surface area (Å²) in [5, 5.41) is 21.3. The Kier molecular flexibility index (Phi) is 3.66. The minimum atomic E-state index is -0.848. The Balaban J connectivity index is 1.91. The van der Waals surface area contributed by atoms with Gasteiger partial charge in [-0.05, 0) is 35.4 Å². The molecule has 21 heavy (non-hydrogen) atoms. The molecule has 0 radical (unpaired) electrons. The van der Waals surface area contributed by atoms with Gasteiger partial charge in [-0.15, -0.1) is 5.10 Å². The highest BCUT2D eigenvalue weighted by atomic mass is 16.5. The maximum Gasteiger partial charge on any atom is 0.310 e. The molecule has 0 spiro atoms. The minimum Gasteiger partial charge on any atom is -0.481 e. The second-order valence-electron chi connectivity index (χ2n) is 5.22. The van der Waals surface area contributed by atoms with Crippen LogP contribution in [0.1, 0.15) is 18.7 Å². The fraction of sp³-hybridized carbons (Fsp3) is 0.429. The van der Waals surface area contributed by atoms with E-state index < -0.39 is 11.4 Å². The fourth-order valence-corrected chi connectivity index (χ4v) is 2.62. The average Bonchev–Trinajstić information content (AvgIpc) is 2.97. The van der Waals surface area contributed by atoms with E-state index in [1.165, 1.54) is 0 Å². The standard InChI is InChI=1S/C14H16N4O3/c19-13(20)14(6-8-21-9-7-14)10-12-15-16-17-18(12)11-4-2-1-3-5-11/h1-5H,6-10H2,(H,19,20). The van der Waals surface area contributed by atoms with E-state index >= 15 is 0 Å². The van der Waals surface area contributed by atoms with E-state index in [0.717, 1.165) is 5.69 Å². The van der Waals surface area contributed by atoms with Gasteiger partial charge >= 0.3 is 5.97 Å². The third-order valence-electron chi connectivity index (χ3n) is 3.93. The molecule has 2 heterocycles. The van der Waals surface area contributed by atoms with E-state index in [9.17, 15) is 9.90 Å². The predicted octanol–water partition coefficient (Wildman–Crippen LogP) is 1.09. The smallest absolute Gasteiger partial charge is 0.310 e. The summed E-state index contributed by atoms with van der Waals surface area (Å²) >= 11 is 0. The number of ether oxygens (including phenoxy) is 1. The number of carboxylic acid groups (broad SMARTS) is 1. The van der Waals surface area contributed by atoms with Gasteiger partial charge in [0.1, 0.15) is 0 Å². The Morgan fingerprint density at radius 2 is 2.00 bits per heavy atom. The molecule has 0 unspecified atom stereocenters. The summed E-state index contributed by atoms with van der Waals surface area (Å²) < 4.78 is 6.88. The molecule has 0 saturated carbocycles. The van der Waals surface area contributed by atoms with Crippen molar-refractivity contribution in [1.82, 2.24) is 20.2 Å². The first-order valence-electron chi connectivity index (χ1n) is 6.85. The molecule has 0 bridgehead atoms. The molecule has 1 N–H and O–H groups in total. The summed E-state index contributed by atoms with van der Waals surface area (Å²) in [7, 11) is 0. The van der Waals surface area contributed by atoms with Gasteiger partial charge < -0.3 is 9.84 Å². The normalized spacial score (nSPS) is 17.5. The van der Waals surface area contributed by atoms with Crippen molar-refractivity contribution in [2.75, 3.05) is 13.2 Å². The van der Waals surface area contributed by atoms with Crippen LogP contribution in [-0.4, -0.2) is 44.5 Å². The zero-order chi connectivity index (χ0) is 14.7. The van der Waals surface area contributed by atoms with Crippen molar-refractivity contribution in [2.45, 2.75) is 19.3 Å². The SMILES string of the molecule is O=C(O)C1(Cc2nnnn2-c2ccccc2)CCOCC1. The molecule has 0 amide bonds. The monoisotopic (exact) mass is 288 g/mol. The van der Waals surface area contributed by atoms with E-state index in [4.69, 9.17) is 4.74 Å². The van der Waals surface area contributed by atoms with Crippen molar-refractivity contribution in [3.05, 3.63) is 36.2 Å². The van der Waals surface area contributed by atoms with E-state index in [0.29, 0.717) is 38.3 Å². The van der Waals surface area contributed by atoms with Gasteiger partial charge in [0.15, 0.2) is 5.82 Å². The maximum absolute atomic E-state index is 11.7. The van der Waals surface area contributed by atoms with Gasteiger partial charge in [-0.25, -0.2) is 0 Å². The zero-order valence-electron chi connectivity index (χ0n) is 11.5. The Hall–Kier alpha value is -2.28. The summed E-state index contributed by atoms with van der Waals surface area (Å²) in [6.45, 7) is 0.915. The number of rotatable bonds is 4. The topological polar surface area (TPSA) is 90.1 Å². The van der Waals surface area contributed by atoms with Crippen LogP contribution in [0.15, 0.2) is 30.3 Å². The first-order chi connectivity index (χ1) is 10.2. The van der Waals surface area contributed by atoms with Gasteiger partial charge in [0, 0.05) is 19.6 Å². The van der Waals surface area contributed by atoms with Crippen LogP contribution in [0.5, 0.6) is 0 Å². The van der Waals surface area contributed by atoms with Crippen LogP contribution in [0.3, 0.4) is 0 Å². The lowest BCUT2D eigenvalue weighted by Gasteiger charge is -2.32. The summed E-state index contributed by atoms with van der Waals surface area (Å²) in [5.41, 5.74) is -0.0236. The first kappa shape index (κ1) is 13.7. The molecule has 0 aliphatic carbocycles. The number of benzene rings is 1. The number of carboxylic acids is 1. The van der Waals surface area contributed by atoms with Crippen LogP contribution in [-0.2, 0) is 16.0 Å². The largest absolute Gasteiger partial charge is 0.481 e. The first-order valence-corrected chi connectivity index (χ1v) is 6.85. The minimum absolute atomic E-state index is 0.299. The number of aromatic nitrogens is 4. The molecule has 1 aliphatic heterocycles. The molecule has 1 fully saturated rings. The lowest BCUT2D eigenvalue weighted by Crippen LogP contribution is -2.39. The van der Waals surface area contributed by atoms with Crippen molar-refractivity contribution < 1.29 is 14.6 Å². The third-order valence-corrected chi connectivity index (χ3v) is 3.93. The van der Waals surface area contributed by atoms with Gasteiger partial charge in [-0.2, -0.15) is 4.68 Å². The number of carbonyl (C=O) groups is 1. The second-order valence-corrected chi connectivity index (χ2v) is 5.22. The number of hydrogen-bond donors (Lipinski definition) is 1. The predicted molar refractivity (Wildman–Crippen MR) is 73.0 cm³/mol. The molecule has 7 heteroatoms. The molecule has 1 aliphatic rings. The Bertz CT molecular complexity index is 620. The molecule has 3 rings (SSSR count). The van der Waals surface area contributed by atoms with Crippen molar-refractivity contribution in [1.29, 1.82) is 0 Å². The molecule has 1 saturated heterocycles. The van der Waals surface area contributed by atoms with Crippen LogP contribution in [0.25, 0.3) is 5.69 Å². The second kappa shape index (κ2) is 5.61. The molecule has 1 aromatic carbocycles. The van der Waals surface area contributed by atoms with Gasteiger partial charge in [-0.3, -0.25) is 4.79 Å². The van der Waals surface area contributed by atoms with Crippen LogP contribution in [0, 0.1) is 5.41 Å². The molecule has 0 atom stereocenters. The summed E-state index contributed by atoms with van der Waals surface area (Å²) in [4.78, 5) is 11.7. The van der Waals surface area contributed by atoms with E-state index in [2.05, 4.69) is 15.5 Å². The summed E-state index contributed by atoms with van der Waals surface area (Å²) in [5.74, 6) is -0.251. The summed E-state index contributed by atoms with van der Waals surface area (Å²) in [6, 6.07) is 9.46. The third kappa shape index (κ3) is 2.64. The maximum atomic E-state index is 11.7. The van der Waals surface area contributed by atoms with Crippen LogP contribution < -0.4 is 0 Å². The van der Waals surface area contributed by atoms with Crippen molar-refractivity contribution in [3.63, 3.8) is 0 Å². The molecular weight excluding hydrogens is 272 g/mol. The van der Waals surface area contributed by atoms with Crippen molar-refractivity contribution >= 4 is 5.97 Å². The van der Waals surface area contributed by atoms with E-state index in [-0.39, 0.29) is 0 Å². The Morgan fingerprint density at radius 3 is 2.67 bits per heavy atom. The van der Waals surface area contributed by atoms with Gasteiger partial charge in [0.05, 0.1) is 11.1 Å². The molecule has 2 aromatic rings. The quantitative estimate of drug-likeness (QED) is 0.905. The van der Waals surface area contributed by atoms with Crippen molar-refractivity contribution in [2.24, 2.45) is 5.41 Å². The van der Waals surface area contributed by atoms with Crippen LogP contribution in [0.2, 0.25) is 0 Å². The number of tetrazole rings is 1. The van der Waals surface area contributed by atoms with Crippen LogP contribution in [0.4, 0.5) is 0 Å². The summed E-state index contributed by atoms with van der Waals surface area (Å²) in [6.07, 6.45) is 1.25. The van der Waals surface area contributed by atoms with Crippen molar-refractivity contribution in [3.8, 4) is 5.69 Å². The highest BCUT2D eigenvalue weighted by molar-refractivity contribution is 5.75. The molecular formula is C14H16N4O3. The average molecular weight is 288 g/mol. The van der Waals surface area contributed by atoms with Gasteiger partial charge in [-0.1, -0.05) is 18.2 Å². The highest BCUT2D eigenvalue weighted by Gasteiger charge is 2.41. The zero-order valence-corrected chi connectivity index (χ0v) is 11.5. The molecule has 1 aromatic heterocycles. The number of aliphatic carboxylic acids is 1. The van der Waals surface area contributed by atoms with E-state index in [1.54, 1.807) is 4.68 Å². The van der Waals surface area contributed by atoms with E-state index in [1.807, 2.05) is 30.3 Å². The highest BCUT2D eigenvalue weighted by Crippen LogP contribution is 2.34. The Morgan fingerprint density at radius 1 is 1.29 bits per heavy atom. The number of para-hydroxylation sites is 1. The van der Waals surface area contributed by atoms with Gasteiger partial charge in [0.25, 0.3) is 0 Å². The fourth-order valence-electron chi connectivity index (χ4n) is 2.62. The molecule has 7 nitrogen and oxygen atoms in total. The molecule has 110 valence electrons. The Labute approximate surface area is 121 Å². The lowest BCUT2D eigenvalue weighted by molar-refractivity contribution is -0.155.